The summed E-state index contributed by atoms with van der Waals surface area (Å²) in [6.07, 6.45) is 3.89. The van der Waals surface area contributed by atoms with Gasteiger partial charge in [0.2, 0.25) is 11.8 Å². The third kappa shape index (κ3) is 3.26. The van der Waals surface area contributed by atoms with Crippen LogP contribution in [0, 0.1) is 11.8 Å². The molecule has 0 bridgehead atoms. The van der Waals surface area contributed by atoms with Crippen molar-refractivity contribution in [2.75, 3.05) is 16.9 Å². The molecule has 3 heterocycles. The number of anilines is 2. The molecular formula is C28H20BrClN2O4. The number of amides is 2. The Kier molecular flexibility index (Phi) is 5.50. The Morgan fingerprint density at radius 2 is 1.64 bits per heavy atom. The lowest BCUT2D eigenvalue weighted by Gasteiger charge is -2.36. The first-order chi connectivity index (χ1) is 17.4. The van der Waals surface area contributed by atoms with Gasteiger partial charge in [0.15, 0.2) is 5.78 Å². The Morgan fingerprint density at radius 1 is 0.944 bits per heavy atom. The molecular weight excluding hydrogens is 544 g/mol. The number of para-hydroxylation sites is 2. The second kappa shape index (κ2) is 8.61. The molecule has 3 aromatic rings. The first-order valence-electron chi connectivity index (χ1n) is 11.5. The van der Waals surface area contributed by atoms with Crippen molar-refractivity contribution in [1.82, 2.24) is 0 Å². The lowest BCUT2D eigenvalue weighted by molar-refractivity contribution is -0.122. The van der Waals surface area contributed by atoms with Crippen LogP contribution >= 0.6 is 27.5 Å². The standard InChI is InChI=1S/C28H20BrClN2O4/c1-36-22-13-11-16(14-17(22)29)26(33)25-24-23(21-12-10-15-6-2-4-8-19(15)31(21)25)27(34)32(28(24)35)20-9-5-3-7-18(20)30/h2-14,21,23-25H,1H3/t21-,23-,24-,25+/m1/s1. The second-order valence-electron chi connectivity index (χ2n) is 8.99. The summed E-state index contributed by atoms with van der Waals surface area (Å²) in [6.45, 7) is 0. The summed E-state index contributed by atoms with van der Waals surface area (Å²) >= 11 is 9.84. The first kappa shape index (κ1) is 23.0. The van der Waals surface area contributed by atoms with Crippen LogP contribution in [0.3, 0.4) is 0 Å². The topological polar surface area (TPSA) is 66.9 Å². The van der Waals surface area contributed by atoms with Gasteiger partial charge in [0.1, 0.15) is 11.8 Å². The van der Waals surface area contributed by atoms with Crippen LogP contribution in [0.25, 0.3) is 6.08 Å². The molecule has 0 aliphatic carbocycles. The molecule has 36 heavy (non-hydrogen) atoms. The van der Waals surface area contributed by atoms with Crippen molar-refractivity contribution in [3.8, 4) is 5.75 Å². The molecule has 0 N–H and O–H groups in total. The van der Waals surface area contributed by atoms with E-state index in [1.807, 2.05) is 41.3 Å². The maximum absolute atomic E-state index is 14.1. The van der Waals surface area contributed by atoms with Gasteiger partial charge < -0.3 is 9.64 Å². The van der Waals surface area contributed by atoms with Gasteiger partial charge in [0, 0.05) is 11.3 Å². The summed E-state index contributed by atoms with van der Waals surface area (Å²) in [7, 11) is 1.55. The Balaban J connectivity index is 1.50. The molecule has 2 fully saturated rings. The fourth-order valence-electron chi connectivity index (χ4n) is 5.67. The quantitative estimate of drug-likeness (QED) is 0.315. The average Bonchev–Trinajstić information content (AvgIpc) is 3.36. The van der Waals surface area contributed by atoms with Gasteiger partial charge in [-0.2, -0.15) is 0 Å². The molecule has 3 aliphatic rings. The van der Waals surface area contributed by atoms with Crippen molar-refractivity contribution in [3.05, 3.63) is 93.4 Å². The number of benzene rings is 3. The van der Waals surface area contributed by atoms with Gasteiger partial charge in [-0.1, -0.05) is 54.1 Å². The minimum absolute atomic E-state index is 0.233. The van der Waals surface area contributed by atoms with Gasteiger partial charge in [0.25, 0.3) is 0 Å². The maximum atomic E-state index is 14.1. The predicted octanol–water partition coefficient (Wildman–Crippen LogP) is 5.38. The van der Waals surface area contributed by atoms with Gasteiger partial charge in [-0.05, 0) is 57.9 Å². The van der Waals surface area contributed by atoms with E-state index in [2.05, 4.69) is 15.9 Å². The van der Waals surface area contributed by atoms with Gasteiger partial charge in [-0.3, -0.25) is 14.4 Å². The van der Waals surface area contributed by atoms with Gasteiger partial charge in [-0.25, -0.2) is 4.90 Å². The normalized spacial score (nSPS) is 24.0. The number of carbonyl (C=O) groups excluding carboxylic acids is 3. The molecule has 2 saturated heterocycles. The fraction of sp³-hybridized carbons (Fsp3) is 0.179. The lowest BCUT2D eigenvalue weighted by atomic mass is 9.86. The monoisotopic (exact) mass is 562 g/mol. The fourth-order valence-corrected chi connectivity index (χ4v) is 6.44. The Bertz CT molecular complexity index is 1470. The van der Waals surface area contributed by atoms with E-state index >= 15 is 0 Å². The highest BCUT2D eigenvalue weighted by Gasteiger charge is 2.64. The zero-order valence-corrected chi connectivity index (χ0v) is 21.4. The summed E-state index contributed by atoms with van der Waals surface area (Å²) in [6, 6.07) is 18.3. The third-order valence-electron chi connectivity index (χ3n) is 7.21. The van der Waals surface area contributed by atoms with E-state index < -0.39 is 29.8 Å². The van der Waals surface area contributed by atoms with Crippen molar-refractivity contribution in [2.24, 2.45) is 11.8 Å². The Labute approximate surface area is 221 Å². The molecule has 0 aromatic heterocycles. The molecule has 3 aliphatic heterocycles. The van der Waals surface area contributed by atoms with Crippen LogP contribution in [0.15, 0.2) is 77.3 Å². The number of halogens is 2. The van der Waals surface area contributed by atoms with E-state index in [4.69, 9.17) is 16.3 Å². The maximum Gasteiger partial charge on any atom is 0.240 e. The SMILES string of the molecule is COc1ccc(C(=O)[C@@H]2[C@@H]3C(=O)N(c4ccccc4Cl)C(=O)[C@@H]3[C@H]3C=Cc4ccccc4N32)cc1Br. The average molecular weight is 564 g/mol. The Hall–Kier alpha value is -3.42. The van der Waals surface area contributed by atoms with E-state index in [-0.39, 0.29) is 11.7 Å². The lowest BCUT2D eigenvalue weighted by Crippen LogP contribution is -2.48. The molecule has 0 spiro atoms. The van der Waals surface area contributed by atoms with Gasteiger partial charge >= 0.3 is 0 Å². The van der Waals surface area contributed by atoms with E-state index in [0.717, 1.165) is 16.2 Å². The third-order valence-corrected chi connectivity index (χ3v) is 8.15. The van der Waals surface area contributed by atoms with Gasteiger partial charge in [-0.15, -0.1) is 0 Å². The number of hydrogen-bond donors (Lipinski definition) is 0. The highest BCUT2D eigenvalue weighted by molar-refractivity contribution is 9.10. The summed E-state index contributed by atoms with van der Waals surface area (Å²) < 4.78 is 5.95. The van der Waals surface area contributed by atoms with Gasteiger partial charge in [0.05, 0.1) is 40.2 Å². The number of carbonyl (C=O) groups is 3. The smallest absolute Gasteiger partial charge is 0.240 e. The van der Waals surface area contributed by atoms with Crippen molar-refractivity contribution in [3.63, 3.8) is 0 Å². The van der Waals surface area contributed by atoms with Crippen molar-refractivity contribution >= 4 is 62.6 Å². The number of imide groups is 1. The summed E-state index contributed by atoms with van der Waals surface area (Å²) in [5, 5.41) is 0.308. The van der Waals surface area contributed by atoms with Crippen molar-refractivity contribution in [2.45, 2.75) is 12.1 Å². The van der Waals surface area contributed by atoms with E-state index in [0.29, 0.717) is 26.5 Å². The molecule has 2 amide bonds. The van der Waals surface area contributed by atoms with Crippen LogP contribution < -0.4 is 14.5 Å². The number of fused-ring (bicyclic) bond motifs is 5. The molecule has 3 aromatic carbocycles. The molecule has 180 valence electrons. The minimum Gasteiger partial charge on any atom is -0.496 e. The first-order valence-corrected chi connectivity index (χ1v) is 12.6. The number of methoxy groups -OCH3 is 1. The number of ketones is 1. The number of rotatable bonds is 4. The summed E-state index contributed by atoms with van der Waals surface area (Å²) in [5.41, 5.74) is 2.53. The zero-order valence-electron chi connectivity index (χ0n) is 19.1. The van der Waals surface area contributed by atoms with Crippen LogP contribution in [0.2, 0.25) is 5.02 Å². The molecule has 0 radical (unpaired) electrons. The molecule has 0 unspecified atom stereocenters. The molecule has 6 nitrogen and oxygen atoms in total. The number of ether oxygens (including phenoxy) is 1. The van der Waals surface area contributed by atoms with Crippen LogP contribution in [-0.4, -0.2) is 36.8 Å². The van der Waals surface area contributed by atoms with Crippen molar-refractivity contribution < 1.29 is 19.1 Å². The predicted molar refractivity (Wildman–Crippen MR) is 141 cm³/mol. The number of hydrogen-bond acceptors (Lipinski definition) is 5. The highest BCUT2D eigenvalue weighted by atomic mass is 79.9. The van der Waals surface area contributed by atoms with E-state index in [1.165, 1.54) is 0 Å². The van der Waals surface area contributed by atoms with E-state index in [9.17, 15) is 14.4 Å². The van der Waals surface area contributed by atoms with Crippen LogP contribution in [-0.2, 0) is 9.59 Å². The largest absolute Gasteiger partial charge is 0.496 e. The molecule has 6 rings (SSSR count). The van der Waals surface area contributed by atoms with Crippen LogP contribution in [0.5, 0.6) is 5.75 Å². The van der Waals surface area contributed by atoms with Crippen molar-refractivity contribution in [1.29, 1.82) is 0 Å². The van der Waals surface area contributed by atoms with E-state index in [1.54, 1.807) is 49.6 Å². The molecule has 0 saturated carbocycles. The number of nitrogens with zero attached hydrogens (tertiary/aromatic N) is 2. The number of Topliss-reactive ketones (excluding diaryl/α,β-unsaturated/α-hetero) is 1. The zero-order chi connectivity index (χ0) is 25.1. The molecule has 8 heteroatoms. The Morgan fingerprint density at radius 3 is 2.36 bits per heavy atom. The highest BCUT2D eigenvalue weighted by Crippen LogP contribution is 2.50. The van der Waals surface area contributed by atoms with Crippen LogP contribution in [0.4, 0.5) is 11.4 Å². The summed E-state index contributed by atoms with van der Waals surface area (Å²) in [4.78, 5) is 45.0. The minimum atomic E-state index is -0.865. The molecule has 4 atom stereocenters. The van der Waals surface area contributed by atoms with Crippen LogP contribution in [0.1, 0.15) is 15.9 Å². The second-order valence-corrected chi connectivity index (χ2v) is 10.3. The summed E-state index contributed by atoms with van der Waals surface area (Å²) in [5.74, 6) is -1.97.